The van der Waals surface area contributed by atoms with Crippen molar-refractivity contribution in [2.75, 3.05) is 6.73 Å². The lowest BCUT2D eigenvalue weighted by molar-refractivity contribution is 0.0819. The van der Waals surface area contributed by atoms with E-state index in [4.69, 9.17) is 10.5 Å². The molecule has 0 radical (unpaired) electrons. The van der Waals surface area contributed by atoms with Crippen LogP contribution in [0.25, 0.3) is 0 Å². The van der Waals surface area contributed by atoms with Crippen molar-refractivity contribution in [2.45, 2.75) is 38.2 Å². The van der Waals surface area contributed by atoms with E-state index < -0.39 is 0 Å². The summed E-state index contributed by atoms with van der Waals surface area (Å²) in [6.07, 6.45) is 10.9. The predicted molar refractivity (Wildman–Crippen MR) is 46.2 cm³/mol. The van der Waals surface area contributed by atoms with E-state index in [0.717, 1.165) is 6.42 Å². The molecule has 1 aliphatic carbocycles. The summed E-state index contributed by atoms with van der Waals surface area (Å²) in [5, 5.41) is 0. The Morgan fingerprint density at radius 1 is 1.36 bits per heavy atom. The van der Waals surface area contributed by atoms with Crippen molar-refractivity contribution in [1.29, 1.82) is 0 Å². The molecule has 2 N–H and O–H groups in total. The van der Waals surface area contributed by atoms with Crippen LogP contribution in [0.4, 0.5) is 0 Å². The van der Waals surface area contributed by atoms with Crippen LogP contribution in [-0.2, 0) is 4.74 Å². The highest BCUT2D eigenvalue weighted by atomic mass is 16.5. The molecule has 0 aliphatic heterocycles. The molecule has 2 nitrogen and oxygen atoms in total. The highest BCUT2D eigenvalue weighted by molar-refractivity contribution is 4.90. The lowest BCUT2D eigenvalue weighted by Crippen LogP contribution is -2.16. The lowest BCUT2D eigenvalue weighted by Gasteiger charge is -2.14. The number of hydrogen-bond donors (Lipinski definition) is 1. The van der Waals surface area contributed by atoms with Gasteiger partial charge in [-0.3, -0.25) is 0 Å². The van der Waals surface area contributed by atoms with E-state index in [0.29, 0.717) is 6.73 Å². The van der Waals surface area contributed by atoms with Crippen molar-refractivity contribution in [1.82, 2.24) is 0 Å². The fourth-order valence-electron chi connectivity index (χ4n) is 1.39. The maximum atomic E-state index is 5.31. The Labute approximate surface area is 68.4 Å². The molecule has 0 saturated heterocycles. The summed E-state index contributed by atoms with van der Waals surface area (Å²) in [6.45, 7) is 0.342. The number of nitrogens with two attached hydrogens (primary N) is 1. The Bertz CT molecular complexity index is 123. The maximum absolute atomic E-state index is 5.31. The van der Waals surface area contributed by atoms with Gasteiger partial charge < -0.3 is 10.5 Å². The zero-order chi connectivity index (χ0) is 7.94. The van der Waals surface area contributed by atoms with Crippen molar-refractivity contribution in [3.05, 3.63) is 12.2 Å². The molecule has 0 aromatic rings. The van der Waals surface area contributed by atoms with Gasteiger partial charge in [0.05, 0.1) is 12.8 Å². The second-order valence-corrected chi connectivity index (χ2v) is 2.94. The van der Waals surface area contributed by atoms with E-state index in [9.17, 15) is 0 Å². The minimum atomic E-state index is 0.278. The van der Waals surface area contributed by atoms with E-state index >= 15 is 0 Å². The molecule has 1 rings (SSSR count). The van der Waals surface area contributed by atoms with Crippen LogP contribution in [0.1, 0.15) is 32.1 Å². The minimum Gasteiger partial charge on any atom is -0.359 e. The van der Waals surface area contributed by atoms with Crippen molar-refractivity contribution < 1.29 is 4.74 Å². The van der Waals surface area contributed by atoms with Crippen LogP contribution in [0.15, 0.2) is 12.2 Å². The van der Waals surface area contributed by atoms with Gasteiger partial charge in [0.2, 0.25) is 0 Å². The highest BCUT2D eigenvalue weighted by Gasteiger charge is 2.05. The Balaban J connectivity index is 2.29. The van der Waals surface area contributed by atoms with Crippen molar-refractivity contribution in [3.8, 4) is 0 Å². The third-order valence-corrected chi connectivity index (χ3v) is 2.02. The first-order valence-electron chi connectivity index (χ1n) is 4.42. The topological polar surface area (TPSA) is 35.2 Å². The fourth-order valence-corrected chi connectivity index (χ4v) is 1.39. The molecule has 1 unspecified atom stereocenters. The van der Waals surface area contributed by atoms with E-state index in [1.54, 1.807) is 0 Å². The zero-order valence-corrected chi connectivity index (χ0v) is 6.96. The average molecular weight is 155 g/mol. The smallest absolute Gasteiger partial charge is 0.0948 e. The Morgan fingerprint density at radius 3 is 3.09 bits per heavy atom. The number of allylic oxidation sites excluding steroid dienone is 1. The van der Waals surface area contributed by atoms with Gasteiger partial charge in [0, 0.05) is 0 Å². The molecule has 0 aromatic carbocycles. The Hall–Kier alpha value is -0.340. The first-order valence-corrected chi connectivity index (χ1v) is 4.42. The van der Waals surface area contributed by atoms with Gasteiger partial charge in [-0.15, -0.1) is 0 Å². The molecule has 0 spiro atoms. The summed E-state index contributed by atoms with van der Waals surface area (Å²) in [5.74, 6) is 0. The van der Waals surface area contributed by atoms with Gasteiger partial charge in [0.25, 0.3) is 0 Å². The van der Waals surface area contributed by atoms with Crippen molar-refractivity contribution >= 4 is 0 Å². The fraction of sp³-hybridized carbons (Fsp3) is 0.778. The molecular weight excluding hydrogens is 138 g/mol. The maximum Gasteiger partial charge on any atom is 0.0948 e. The Kier molecular flexibility index (Phi) is 4.24. The number of hydrogen-bond acceptors (Lipinski definition) is 2. The van der Waals surface area contributed by atoms with Crippen LogP contribution in [0.2, 0.25) is 0 Å². The molecule has 11 heavy (non-hydrogen) atoms. The summed E-state index contributed by atoms with van der Waals surface area (Å²) in [5.41, 5.74) is 5.29. The normalized spacial score (nSPS) is 29.0. The summed E-state index contributed by atoms with van der Waals surface area (Å²) in [7, 11) is 0. The third-order valence-electron chi connectivity index (χ3n) is 2.02. The van der Waals surface area contributed by atoms with Crippen LogP contribution in [0.3, 0.4) is 0 Å². The third kappa shape index (κ3) is 3.54. The molecule has 0 aromatic heterocycles. The van der Waals surface area contributed by atoms with Crippen LogP contribution in [-0.4, -0.2) is 12.8 Å². The van der Waals surface area contributed by atoms with Gasteiger partial charge in [0.15, 0.2) is 0 Å². The van der Waals surface area contributed by atoms with Crippen LogP contribution >= 0.6 is 0 Å². The van der Waals surface area contributed by atoms with Crippen LogP contribution in [0.5, 0.6) is 0 Å². The first kappa shape index (κ1) is 8.75. The molecule has 0 fully saturated rings. The second kappa shape index (κ2) is 5.33. The predicted octanol–water partition coefficient (Wildman–Crippen LogP) is 1.81. The number of ether oxygens (including phenoxy) is 1. The van der Waals surface area contributed by atoms with Gasteiger partial charge in [-0.05, 0) is 19.3 Å². The van der Waals surface area contributed by atoms with Gasteiger partial charge in [-0.1, -0.05) is 25.0 Å². The van der Waals surface area contributed by atoms with Crippen LogP contribution < -0.4 is 5.73 Å². The van der Waals surface area contributed by atoms with Gasteiger partial charge >= 0.3 is 0 Å². The quantitative estimate of drug-likeness (QED) is 0.487. The van der Waals surface area contributed by atoms with E-state index in [1.807, 2.05) is 0 Å². The first-order chi connectivity index (χ1) is 5.43. The molecular formula is C9H17NO. The SMILES string of the molecule is NCOC1/C=C\CCCCC1. The van der Waals surface area contributed by atoms with E-state index in [1.165, 1.54) is 25.7 Å². The van der Waals surface area contributed by atoms with Gasteiger partial charge in [-0.2, -0.15) is 0 Å². The summed E-state index contributed by atoms with van der Waals surface area (Å²) < 4.78 is 5.31. The Morgan fingerprint density at radius 2 is 2.27 bits per heavy atom. The molecule has 1 atom stereocenters. The van der Waals surface area contributed by atoms with Crippen molar-refractivity contribution in [3.63, 3.8) is 0 Å². The summed E-state index contributed by atoms with van der Waals surface area (Å²) in [6, 6.07) is 0. The van der Waals surface area contributed by atoms with Crippen LogP contribution in [0, 0.1) is 0 Å². The largest absolute Gasteiger partial charge is 0.359 e. The van der Waals surface area contributed by atoms with E-state index in [2.05, 4.69) is 12.2 Å². The summed E-state index contributed by atoms with van der Waals surface area (Å²) >= 11 is 0. The highest BCUT2D eigenvalue weighted by Crippen LogP contribution is 2.13. The summed E-state index contributed by atoms with van der Waals surface area (Å²) in [4.78, 5) is 0. The van der Waals surface area contributed by atoms with Gasteiger partial charge in [-0.25, -0.2) is 0 Å². The molecule has 0 bridgehead atoms. The lowest BCUT2D eigenvalue weighted by atomic mass is 10.0. The second-order valence-electron chi connectivity index (χ2n) is 2.94. The monoisotopic (exact) mass is 155 g/mol. The van der Waals surface area contributed by atoms with Crippen molar-refractivity contribution in [2.24, 2.45) is 5.73 Å². The molecule has 64 valence electrons. The van der Waals surface area contributed by atoms with E-state index in [-0.39, 0.29) is 6.10 Å². The molecule has 0 heterocycles. The van der Waals surface area contributed by atoms with Gasteiger partial charge in [0.1, 0.15) is 0 Å². The number of rotatable bonds is 2. The molecule has 0 saturated carbocycles. The average Bonchev–Trinajstić information content (AvgIpc) is 1.94. The molecule has 2 heteroatoms. The molecule has 1 aliphatic rings. The molecule has 0 amide bonds. The minimum absolute atomic E-state index is 0.278. The zero-order valence-electron chi connectivity index (χ0n) is 6.96. The standard InChI is InChI=1S/C9H17NO/c10-8-11-9-6-4-2-1-3-5-7-9/h4,6,9H,1-3,5,7-8,10H2/b6-4-.